The number of benzene rings is 1. The summed E-state index contributed by atoms with van der Waals surface area (Å²) >= 11 is 11.6. The molecule has 13 heavy (non-hydrogen) atoms. The standard InChI is InChI=1S/C9H3Cl2O2/c10-6-1-2-7(11)8-5(6)3-4-13-9(8)12/h1-3H. The molecule has 0 atom stereocenters. The third-order valence-electron chi connectivity index (χ3n) is 1.70. The van der Waals surface area contributed by atoms with Crippen LogP contribution in [0.3, 0.4) is 0 Å². The predicted octanol–water partition coefficient (Wildman–Crippen LogP) is 2.90. The molecule has 0 N–H and O–H groups in total. The van der Waals surface area contributed by atoms with Gasteiger partial charge >= 0.3 is 5.63 Å². The lowest BCUT2D eigenvalue weighted by atomic mass is 10.2. The summed E-state index contributed by atoms with van der Waals surface area (Å²) in [7, 11) is 0. The highest BCUT2D eigenvalue weighted by Gasteiger charge is 2.07. The van der Waals surface area contributed by atoms with E-state index in [2.05, 4.69) is 10.7 Å². The molecule has 0 aliphatic carbocycles. The predicted molar refractivity (Wildman–Crippen MR) is 51.3 cm³/mol. The summed E-state index contributed by atoms with van der Waals surface area (Å²) in [6.45, 7) is 0. The summed E-state index contributed by atoms with van der Waals surface area (Å²) in [5, 5.41) is 1.66. The molecule has 2 nitrogen and oxygen atoms in total. The van der Waals surface area contributed by atoms with Crippen molar-refractivity contribution in [2.45, 2.75) is 0 Å². The summed E-state index contributed by atoms with van der Waals surface area (Å²) in [5.74, 6) is 0. The van der Waals surface area contributed by atoms with E-state index in [-0.39, 0.29) is 0 Å². The molecule has 1 heterocycles. The number of hydrogen-bond donors (Lipinski definition) is 0. The fourth-order valence-electron chi connectivity index (χ4n) is 1.11. The fourth-order valence-corrected chi connectivity index (χ4v) is 1.56. The van der Waals surface area contributed by atoms with Gasteiger partial charge in [0.1, 0.15) is 0 Å². The normalized spacial score (nSPS) is 10.6. The van der Waals surface area contributed by atoms with E-state index in [4.69, 9.17) is 23.2 Å². The summed E-state index contributed by atoms with van der Waals surface area (Å²) < 4.78 is 4.55. The Kier molecular flexibility index (Phi) is 2.02. The maximum absolute atomic E-state index is 11.2. The Balaban J connectivity index is 3.09. The Hall–Kier alpha value is -0.990. The van der Waals surface area contributed by atoms with Gasteiger partial charge in [-0.15, -0.1) is 0 Å². The molecule has 1 aromatic carbocycles. The molecule has 1 radical (unpaired) electrons. The quantitative estimate of drug-likeness (QED) is 0.674. The zero-order chi connectivity index (χ0) is 9.42. The number of halogens is 2. The molecule has 0 fully saturated rings. The Morgan fingerprint density at radius 1 is 1.23 bits per heavy atom. The fraction of sp³-hybridized carbons (Fsp3) is 0. The highest BCUT2D eigenvalue weighted by molar-refractivity contribution is 6.40. The minimum absolute atomic E-state index is 0.299. The van der Waals surface area contributed by atoms with Gasteiger partial charge < -0.3 is 4.42 Å². The van der Waals surface area contributed by atoms with Crippen molar-refractivity contribution in [3.8, 4) is 0 Å². The lowest BCUT2D eigenvalue weighted by Gasteiger charge is -1.98. The van der Waals surface area contributed by atoms with E-state index in [1.54, 1.807) is 12.1 Å². The van der Waals surface area contributed by atoms with Crippen molar-refractivity contribution >= 4 is 34.0 Å². The molecule has 0 spiro atoms. The van der Waals surface area contributed by atoms with Crippen LogP contribution in [-0.4, -0.2) is 0 Å². The van der Waals surface area contributed by atoms with Gasteiger partial charge in [-0.25, -0.2) is 4.79 Å². The summed E-state index contributed by atoms with van der Waals surface area (Å²) in [5.41, 5.74) is -0.523. The average Bonchev–Trinajstić information content (AvgIpc) is 2.12. The first-order chi connectivity index (χ1) is 6.20. The van der Waals surface area contributed by atoms with Crippen molar-refractivity contribution < 1.29 is 4.42 Å². The van der Waals surface area contributed by atoms with Gasteiger partial charge in [0, 0.05) is 10.4 Å². The minimum Gasteiger partial charge on any atom is -0.419 e. The van der Waals surface area contributed by atoms with Crippen LogP contribution in [0.15, 0.2) is 27.4 Å². The van der Waals surface area contributed by atoms with E-state index in [1.165, 1.54) is 6.07 Å². The van der Waals surface area contributed by atoms with Crippen LogP contribution in [0, 0.1) is 6.26 Å². The second-order valence-electron chi connectivity index (χ2n) is 2.47. The highest BCUT2D eigenvalue weighted by atomic mass is 35.5. The topological polar surface area (TPSA) is 30.2 Å². The van der Waals surface area contributed by atoms with Crippen LogP contribution in [0.25, 0.3) is 10.8 Å². The van der Waals surface area contributed by atoms with Crippen LogP contribution in [0.1, 0.15) is 0 Å². The number of rotatable bonds is 0. The minimum atomic E-state index is -0.523. The first kappa shape index (κ1) is 8.60. The van der Waals surface area contributed by atoms with Crippen molar-refractivity contribution in [3.63, 3.8) is 0 Å². The monoisotopic (exact) mass is 213 g/mol. The van der Waals surface area contributed by atoms with Crippen LogP contribution < -0.4 is 5.63 Å². The maximum atomic E-state index is 11.2. The molecule has 65 valence electrons. The van der Waals surface area contributed by atoms with Crippen LogP contribution in [0.2, 0.25) is 10.0 Å². The van der Waals surface area contributed by atoms with E-state index in [0.29, 0.717) is 20.8 Å². The molecule has 1 aromatic heterocycles. The molecule has 0 aliphatic heterocycles. The van der Waals surface area contributed by atoms with Gasteiger partial charge in [-0.3, -0.25) is 0 Å². The first-order valence-electron chi connectivity index (χ1n) is 3.48. The van der Waals surface area contributed by atoms with E-state index in [1.807, 2.05) is 0 Å². The average molecular weight is 214 g/mol. The maximum Gasteiger partial charge on any atom is 0.345 e. The zero-order valence-electron chi connectivity index (χ0n) is 6.30. The zero-order valence-corrected chi connectivity index (χ0v) is 7.82. The molecular weight excluding hydrogens is 211 g/mol. The van der Waals surface area contributed by atoms with Gasteiger partial charge in [0.15, 0.2) is 6.26 Å². The molecule has 2 aromatic rings. The Bertz CT molecular complexity index is 516. The van der Waals surface area contributed by atoms with Gasteiger partial charge in [-0.2, -0.15) is 0 Å². The van der Waals surface area contributed by atoms with Crippen LogP contribution in [0.4, 0.5) is 0 Å². The molecule has 0 amide bonds. The summed E-state index contributed by atoms with van der Waals surface area (Å²) in [6.07, 6.45) is 2.34. The van der Waals surface area contributed by atoms with Crippen molar-refractivity contribution in [2.24, 2.45) is 0 Å². The summed E-state index contributed by atoms with van der Waals surface area (Å²) in [4.78, 5) is 11.2. The van der Waals surface area contributed by atoms with Gasteiger partial charge in [0.05, 0.1) is 10.4 Å². The van der Waals surface area contributed by atoms with Crippen molar-refractivity contribution in [2.75, 3.05) is 0 Å². The highest BCUT2D eigenvalue weighted by Crippen LogP contribution is 2.26. The second kappa shape index (κ2) is 3.05. The van der Waals surface area contributed by atoms with E-state index in [9.17, 15) is 4.79 Å². The Morgan fingerprint density at radius 2 is 1.92 bits per heavy atom. The van der Waals surface area contributed by atoms with Gasteiger partial charge in [0.25, 0.3) is 0 Å². The molecule has 2 rings (SSSR count). The van der Waals surface area contributed by atoms with Crippen LogP contribution in [0.5, 0.6) is 0 Å². The molecule has 0 unspecified atom stereocenters. The van der Waals surface area contributed by atoms with Crippen LogP contribution in [-0.2, 0) is 0 Å². The lowest BCUT2D eigenvalue weighted by Crippen LogP contribution is -1.98. The van der Waals surface area contributed by atoms with Gasteiger partial charge in [0.2, 0.25) is 0 Å². The van der Waals surface area contributed by atoms with E-state index in [0.717, 1.165) is 0 Å². The van der Waals surface area contributed by atoms with Crippen LogP contribution >= 0.6 is 23.2 Å². The smallest absolute Gasteiger partial charge is 0.345 e. The van der Waals surface area contributed by atoms with Crippen molar-refractivity contribution in [3.05, 3.63) is 44.9 Å². The van der Waals surface area contributed by atoms with E-state index < -0.39 is 5.63 Å². The van der Waals surface area contributed by atoms with Crippen molar-refractivity contribution in [1.29, 1.82) is 0 Å². The third-order valence-corrected chi connectivity index (χ3v) is 2.35. The molecule has 4 heteroatoms. The molecule has 0 saturated carbocycles. The van der Waals surface area contributed by atoms with Gasteiger partial charge in [-0.1, -0.05) is 23.2 Å². The molecule has 0 saturated heterocycles. The number of hydrogen-bond acceptors (Lipinski definition) is 2. The SMILES string of the molecule is O=c1o[c]cc2c(Cl)ccc(Cl)c12. The first-order valence-corrected chi connectivity index (χ1v) is 4.23. The third kappa shape index (κ3) is 1.32. The largest absolute Gasteiger partial charge is 0.419 e. The Labute approximate surface area is 83.7 Å². The van der Waals surface area contributed by atoms with Crippen molar-refractivity contribution in [1.82, 2.24) is 0 Å². The van der Waals surface area contributed by atoms with E-state index >= 15 is 0 Å². The lowest BCUT2D eigenvalue weighted by molar-refractivity contribution is 0.510. The molecule has 0 bridgehead atoms. The Morgan fingerprint density at radius 3 is 2.62 bits per heavy atom. The summed E-state index contributed by atoms with van der Waals surface area (Å²) in [6, 6.07) is 4.67. The van der Waals surface area contributed by atoms with Gasteiger partial charge in [-0.05, 0) is 18.2 Å². The molecule has 0 aliphatic rings. The molecular formula is C9H3Cl2O2. The number of fused-ring (bicyclic) bond motifs is 1. The second-order valence-corrected chi connectivity index (χ2v) is 3.28.